The summed E-state index contributed by atoms with van der Waals surface area (Å²) in [7, 11) is 1.48. The Balaban J connectivity index is 1.50. The van der Waals surface area contributed by atoms with Crippen molar-refractivity contribution in [2.24, 2.45) is 0 Å². The maximum absolute atomic E-state index is 12.8. The van der Waals surface area contributed by atoms with E-state index in [0.717, 1.165) is 41.2 Å². The monoisotopic (exact) mass is 433 g/mol. The van der Waals surface area contributed by atoms with Crippen LogP contribution in [0, 0.1) is 0 Å². The van der Waals surface area contributed by atoms with Gasteiger partial charge in [-0.2, -0.15) is 0 Å². The molecule has 2 aromatic heterocycles. The highest BCUT2D eigenvalue weighted by atomic mass is 17.2. The number of hydrogen-bond acceptors (Lipinski definition) is 7. The minimum atomic E-state index is -0.0247. The molecule has 32 heavy (non-hydrogen) atoms. The van der Waals surface area contributed by atoms with Crippen molar-refractivity contribution in [3.63, 3.8) is 0 Å². The van der Waals surface area contributed by atoms with Crippen LogP contribution in [0.5, 0.6) is 0 Å². The molecule has 0 spiro atoms. The van der Waals surface area contributed by atoms with Gasteiger partial charge in [-0.05, 0) is 23.8 Å². The lowest BCUT2D eigenvalue weighted by Gasteiger charge is -2.28. The number of ether oxygens (including phenoxy) is 1. The first-order valence-corrected chi connectivity index (χ1v) is 10.4. The Morgan fingerprint density at radius 2 is 1.94 bits per heavy atom. The number of H-pyrrole nitrogens is 1. The molecule has 0 amide bonds. The SMILES string of the molecule is COOCc1ccc(-n2cc(-c3cccc4c(=O)cc(N5CCOCC5)[nH]c34)nn2)cc1. The van der Waals surface area contributed by atoms with Crippen LogP contribution in [0.3, 0.4) is 0 Å². The molecular weight excluding hydrogens is 410 g/mol. The number of para-hydroxylation sites is 1. The molecule has 1 N–H and O–H groups in total. The molecule has 9 heteroatoms. The number of nitrogens with zero attached hydrogens (tertiary/aromatic N) is 4. The molecular formula is C23H23N5O4. The Bertz CT molecular complexity index is 1280. The van der Waals surface area contributed by atoms with Gasteiger partial charge >= 0.3 is 0 Å². The number of pyridine rings is 1. The molecule has 0 unspecified atom stereocenters. The maximum atomic E-state index is 12.8. The van der Waals surface area contributed by atoms with Crippen LogP contribution in [-0.4, -0.2) is 53.4 Å². The molecule has 9 nitrogen and oxygen atoms in total. The first kappa shape index (κ1) is 20.4. The molecule has 0 aliphatic carbocycles. The molecule has 2 aromatic carbocycles. The van der Waals surface area contributed by atoms with Crippen LogP contribution in [0.15, 0.2) is 59.5 Å². The van der Waals surface area contributed by atoms with E-state index in [4.69, 9.17) is 9.62 Å². The van der Waals surface area contributed by atoms with Gasteiger partial charge in [-0.3, -0.25) is 4.79 Å². The van der Waals surface area contributed by atoms with Gasteiger partial charge in [-0.15, -0.1) is 5.10 Å². The quantitative estimate of drug-likeness (QED) is 0.369. The summed E-state index contributed by atoms with van der Waals surface area (Å²) in [5, 5.41) is 9.28. The summed E-state index contributed by atoms with van der Waals surface area (Å²) in [6.45, 7) is 3.14. The van der Waals surface area contributed by atoms with E-state index in [1.54, 1.807) is 10.7 Å². The van der Waals surface area contributed by atoms with Gasteiger partial charge in [0.05, 0.1) is 37.7 Å². The first-order chi connectivity index (χ1) is 15.7. The van der Waals surface area contributed by atoms with Gasteiger partial charge in [0.2, 0.25) is 0 Å². The predicted octanol–water partition coefficient (Wildman–Crippen LogP) is 2.69. The van der Waals surface area contributed by atoms with Crippen molar-refractivity contribution < 1.29 is 14.5 Å². The fourth-order valence-electron chi connectivity index (χ4n) is 3.83. The van der Waals surface area contributed by atoms with Crippen molar-refractivity contribution in [3.05, 3.63) is 70.5 Å². The number of nitrogens with one attached hydrogen (secondary N) is 1. The molecule has 1 fully saturated rings. The minimum absolute atomic E-state index is 0.0247. The number of anilines is 1. The third-order valence-corrected chi connectivity index (χ3v) is 5.52. The Labute approximate surface area is 184 Å². The van der Waals surface area contributed by atoms with Crippen molar-refractivity contribution in [2.45, 2.75) is 6.61 Å². The van der Waals surface area contributed by atoms with Gasteiger partial charge in [0, 0.05) is 30.1 Å². The molecule has 1 aliphatic rings. The topological polar surface area (TPSA) is 94.5 Å². The Morgan fingerprint density at radius 1 is 1.12 bits per heavy atom. The van der Waals surface area contributed by atoms with Crippen molar-refractivity contribution in [1.29, 1.82) is 0 Å². The normalized spacial score (nSPS) is 14.2. The minimum Gasteiger partial charge on any atom is -0.378 e. The number of aromatic amines is 1. The molecule has 4 aromatic rings. The van der Waals surface area contributed by atoms with Crippen LogP contribution in [0.2, 0.25) is 0 Å². The van der Waals surface area contributed by atoms with Gasteiger partial charge in [0.15, 0.2) is 5.43 Å². The summed E-state index contributed by atoms with van der Waals surface area (Å²) < 4.78 is 7.14. The summed E-state index contributed by atoms with van der Waals surface area (Å²) in [6, 6.07) is 15.1. The Hall–Kier alpha value is -3.53. The van der Waals surface area contributed by atoms with E-state index in [9.17, 15) is 4.79 Å². The molecule has 0 radical (unpaired) electrons. The fraction of sp³-hybridized carbons (Fsp3) is 0.261. The van der Waals surface area contributed by atoms with Crippen LogP contribution < -0.4 is 10.3 Å². The second-order valence-electron chi connectivity index (χ2n) is 7.49. The highest BCUT2D eigenvalue weighted by Crippen LogP contribution is 2.26. The zero-order chi connectivity index (χ0) is 21.9. The van der Waals surface area contributed by atoms with Gasteiger partial charge in [0.1, 0.15) is 18.1 Å². The zero-order valence-corrected chi connectivity index (χ0v) is 17.7. The molecule has 0 atom stereocenters. The second-order valence-corrected chi connectivity index (χ2v) is 7.49. The summed E-state index contributed by atoms with van der Waals surface area (Å²) in [5.41, 5.74) is 4.08. The highest BCUT2D eigenvalue weighted by molar-refractivity contribution is 5.93. The van der Waals surface area contributed by atoms with Gasteiger partial charge in [0.25, 0.3) is 0 Å². The van der Waals surface area contributed by atoms with Crippen molar-refractivity contribution in [1.82, 2.24) is 20.0 Å². The zero-order valence-electron chi connectivity index (χ0n) is 17.7. The standard InChI is InChI=1S/C23H23N5O4/c1-30-32-15-16-5-7-17(8-6-16)28-14-20(25-26-28)18-3-2-4-19-21(29)13-22(24-23(18)19)27-9-11-31-12-10-27/h2-8,13-14H,9-12,15H2,1H3,(H,24,29). The molecule has 1 aliphatic heterocycles. The van der Waals surface area contributed by atoms with Crippen molar-refractivity contribution >= 4 is 16.7 Å². The summed E-state index contributed by atoms with van der Waals surface area (Å²) in [5.74, 6) is 0.791. The second kappa shape index (κ2) is 8.91. The van der Waals surface area contributed by atoms with E-state index in [2.05, 4.69) is 25.1 Å². The maximum Gasteiger partial charge on any atom is 0.191 e. The van der Waals surface area contributed by atoms with Gasteiger partial charge in [-0.1, -0.05) is 29.5 Å². The van der Waals surface area contributed by atoms with Crippen LogP contribution in [0.1, 0.15) is 5.56 Å². The van der Waals surface area contributed by atoms with E-state index in [1.807, 2.05) is 48.7 Å². The van der Waals surface area contributed by atoms with E-state index in [0.29, 0.717) is 30.9 Å². The van der Waals surface area contributed by atoms with E-state index in [1.165, 1.54) is 7.11 Å². The third kappa shape index (κ3) is 4.01. The average molecular weight is 433 g/mol. The Morgan fingerprint density at radius 3 is 2.72 bits per heavy atom. The van der Waals surface area contributed by atoms with Crippen molar-refractivity contribution in [2.75, 3.05) is 38.3 Å². The Kier molecular flexibility index (Phi) is 5.68. The lowest BCUT2D eigenvalue weighted by Crippen LogP contribution is -2.37. The molecule has 1 saturated heterocycles. The van der Waals surface area contributed by atoms with Crippen LogP contribution in [-0.2, 0) is 21.1 Å². The number of fused-ring (bicyclic) bond motifs is 1. The lowest BCUT2D eigenvalue weighted by atomic mass is 10.1. The highest BCUT2D eigenvalue weighted by Gasteiger charge is 2.16. The first-order valence-electron chi connectivity index (χ1n) is 10.4. The predicted molar refractivity (Wildman–Crippen MR) is 120 cm³/mol. The summed E-state index contributed by atoms with van der Waals surface area (Å²) in [4.78, 5) is 28.0. The van der Waals surface area contributed by atoms with E-state index in [-0.39, 0.29) is 5.43 Å². The van der Waals surface area contributed by atoms with Gasteiger partial charge in [-0.25, -0.2) is 14.5 Å². The summed E-state index contributed by atoms with van der Waals surface area (Å²) >= 11 is 0. The van der Waals surface area contributed by atoms with Gasteiger partial charge < -0.3 is 14.6 Å². The number of hydrogen-bond donors (Lipinski definition) is 1. The average Bonchev–Trinajstić information content (AvgIpc) is 3.33. The smallest absolute Gasteiger partial charge is 0.191 e. The molecule has 3 heterocycles. The lowest BCUT2D eigenvalue weighted by molar-refractivity contribution is -0.282. The fourth-order valence-corrected chi connectivity index (χ4v) is 3.83. The molecule has 5 rings (SSSR count). The largest absolute Gasteiger partial charge is 0.378 e. The molecule has 0 saturated carbocycles. The number of aromatic nitrogens is 4. The van der Waals surface area contributed by atoms with Crippen LogP contribution in [0.25, 0.3) is 27.8 Å². The van der Waals surface area contributed by atoms with Crippen LogP contribution >= 0.6 is 0 Å². The van der Waals surface area contributed by atoms with E-state index < -0.39 is 0 Å². The number of benzene rings is 2. The molecule has 164 valence electrons. The molecule has 0 bridgehead atoms. The van der Waals surface area contributed by atoms with Crippen molar-refractivity contribution in [3.8, 4) is 16.9 Å². The number of rotatable bonds is 6. The van der Waals surface area contributed by atoms with E-state index >= 15 is 0 Å². The third-order valence-electron chi connectivity index (χ3n) is 5.52. The number of morpholine rings is 1. The van der Waals surface area contributed by atoms with Crippen LogP contribution in [0.4, 0.5) is 5.82 Å². The summed E-state index contributed by atoms with van der Waals surface area (Å²) in [6.07, 6.45) is 1.86.